The van der Waals surface area contributed by atoms with Crippen molar-refractivity contribution in [3.05, 3.63) is 47.8 Å². The molecule has 8 nitrogen and oxygen atoms in total. The highest BCUT2D eigenvalue weighted by Crippen LogP contribution is 2.39. The first-order chi connectivity index (χ1) is 20.4. The number of imide groups is 1. The Morgan fingerprint density at radius 3 is 1.90 bits per heavy atom. The number of methoxy groups -OCH3 is 2. The lowest BCUT2D eigenvalue weighted by atomic mass is 10.1. The standard InChI is InChI=1S/C34H53N2O6/c1-6-8-9-10-11-12-13-14-15-16-17-18-22-41-33-31(39-4)23-30(24-32(33)40-5)27-42-34(38)36(28(3)37)26-29-20-19-21-35(7-2)25-29/h19-21,23-25H,6-18,22,26-27H2,1-5H3/q+1. The molecular formula is C34H53N2O6+. The van der Waals surface area contributed by atoms with Gasteiger partial charge in [-0.2, -0.15) is 0 Å². The molecule has 0 aliphatic heterocycles. The highest BCUT2D eigenvalue weighted by molar-refractivity contribution is 5.90. The molecule has 0 saturated heterocycles. The Morgan fingerprint density at radius 2 is 1.38 bits per heavy atom. The lowest BCUT2D eigenvalue weighted by molar-refractivity contribution is -0.694. The Kier molecular flexibility index (Phi) is 17.1. The van der Waals surface area contributed by atoms with Gasteiger partial charge in [0.2, 0.25) is 11.7 Å². The minimum atomic E-state index is -0.709. The van der Waals surface area contributed by atoms with Crippen LogP contribution in [0.2, 0.25) is 0 Å². The van der Waals surface area contributed by atoms with Crippen LogP contribution in [0.25, 0.3) is 0 Å². The number of benzene rings is 1. The number of hydrogen-bond donors (Lipinski definition) is 0. The number of carbonyl (C=O) groups excluding carboxylic acids is 2. The van der Waals surface area contributed by atoms with Crippen molar-refractivity contribution in [2.75, 3.05) is 20.8 Å². The smallest absolute Gasteiger partial charge is 0.417 e. The van der Waals surface area contributed by atoms with E-state index in [0.29, 0.717) is 29.4 Å². The zero-order valence-corrected chi connectivity index (χ0v) is 26.6. The van der Waals surface area contributed by atoms with E-state index in [2.05, 4.69) is 6.92 Å². The molecule has 42 heavy (non-hydrogen) atoms. The van der Waals surface area contributed by atoms with Crippen LogP contribution >= 0.6 is 0 Å². The number of ether oxygens (including phenoxy) is 4. The summed E-state index contributed by atoms with van der Waals surface area (Å²) in [5.41, 5.74) is 1.51. The number of aromatic nitrogens is 1. The highest BCUT2D eigenvalue weighted by Gasteiger charge is 2.22. The fourth-order valence-corrected chi connectivity index (χ4v) is 4.85. The number of nitrogens with zero attached hydrogens (tertiary/aromatic N) is 2. The first-order valence-electron chi connectivity index (χ1n) is 15.7. The summed E-state index contributed by atoms with van der Waals surface area (Å²) < 4.78 is 24.7. The summed E-state index contributed by atoms with van der Waals surface area (Å²) in [6.45, 7) is 7.10. The van der Waals surface area contributed by atoms with E-state index >= 15 is 0 Å². The van der Waals surface area contributed by atoms with Crippen LogP contribution in [0.1, 0.15) is 109 Å². The molecule has 2 amide bonds. The summed E-state index contributed by atoms with van der Waals surface area (Å²) >= 11 is 0. The Bertz CT molecular complexity index is 1050. The zero-order valence-electron chi connectivity index (χ0n) is 26.6. The fourth-order valence-electron chi connectivity index (χ4n) is 4.85. The van der Waals surface area contributed by atoms with Crippen LogP contribution in [0.4, 0.5) is 4.79 Å². The Labute approximate surface area is 253 Å². The van der Waals surface area contributed by atoms with Gasteiger partial charge in [0, 0.05) is 18.6 Å². The average Bonchev–Trinajstić information content (AvgIpc) is 3.00. The fraction of sp³-hybridized carbons (Fsp3) is 0.618. The van der Waals surface area contributed by atoms with Crippen LogP contribution in [0.15, 0.2) is 36.7 Å². The summed E-state index contributed by atoms with van der Waals surface area (Å²) in [5, 5.41) is 0. The second-order valence-corrected chi connectivity index (χ2v) is 10.8. The third kappa shape index (κ3) is 12.7. The molecule has 0 atom stereocenters. The summed E-state index contributed by atoms with van der Waals surface area (Å²) in [5.74, 6) is 1.17. The molecule has 1 aromatic carbocycles. The molecule has 0 aliphatic carbocycles. The molecular weight excluding hydrogens is 532 g/mol. The van der Waals surface area contributed by atoms with Crippen molar-refractivity contribution in [1.82, 2.24) is 4.90 Å². The molecule has 1 heterocycles. The maximum absolute atomic E-state index is 12.8. The van der Waals surface area contributed by atoms with Gasteiger partial charge in [0.05, 0.1) is 27.4 Å². The van der Waals surface area contributed by atoms with E-state index in [1.165, 1.54) is 71.1 Å². The van der Waals surface area contributed by atoms with Gasteiger partial charge in [-0.15, -0.1) is 0 Å². The van der Waals surface area contributed by atoms with Gasteiger partial charge in [0.15, 0.2) is 23.9 Å². The van der Waals surface area contributed by atoms with E-state index < -0.39 is 6.09 Å². The summed E-state index contributed by atoms with van der Waals surface area (Å²) in [6, 6.07) is 7.31. The molecule has 2 rings (SSSR count). The van der Waals surface area contributed by atoms with E-state index in [9.17, 15) is 9.59 Å². The van der Waals surface area contributed by atoms with Crippen molar-refractivity contribution in [3.63, 3.8) is 0 Å². The zero-order chi connectivity index (χ0) is 30.6. The Morgan fingerprint density at radius 1 is 0.810 bits per heavy atom. The van der Waals surface area contributed by atoms with Gasteiger partial charge < -0.3 is 18.9 Å². The molecule has 0 bridgehead atoms. The molecule has 0 aliphatic rings. The van der Waals surface area contributed by atoms with Gasteiger partial charge >= 0.3 is 6.09 Å². The second-order valence-electron chi connectivity index (χ2n) is 10.8. The predicted molar refractivity (Wildman–Crippen MR) is 165 cm³/mol. The van der Waals surface area contributed by atoms with Gasteiger partial charge in [-0.1, -0.05) is 77.6 Å². The molecule has 2 aromatic rings. The van der Waals surface area contributed by atoms with Crippen molar-refractivity contribution in [2.24, 2.45) is 0 Å². The van der Waals surface area contributed by atoms with Crippen molar-refractivity contribution in [2.45, 2.75) is 118 Å². The van der Waals surface area contributed by atoms with Gasteiger partial charge in [0.1, 0.15) is 13.2 Å². The van der Waals surface area contributed by atoms with E-state index in [1.54, 1.807) is 26.4 Å². The topological polar surface area (TPSA) is 78.2 Å². The van der Waals surface area contributed by atoms with Gasteiger partial charge in [-0.05, 0) is 37.1 Å². The lowest BCUT2D eigenvalue weighted by Crippen LogP contribution is -2.37. The molecule has 0 saturated carbocycles. The summed E-state index contributed by atoms with van der Waals surface area (Å²) in [4.78, 5) is 26.2. The summed E-state index contributed by atoms with van der Waals surface area (Å²) in [7, 11) is 3.14. The van der Waals surface area contributed by atoms with Crippen molar-refractivity contribution >= 4 is 12.0 Å². The van der Waals surface area contributed by atoms with Crippen LogP contribution in [0.3, 0.4) is 0 Å². The number of rotatable bonds is 21. The van der Waals surface area contributed by atoms with Crippen molar-refractivity contribution in [1.29, 1.82) is 0 Å². The second kappa shape index (κ2) is 20.6. The normalized spacial score (nSPS) is 10.8. The number of unbranched alkanes of at least 4 members (excludes halogenated alkanes) is 11. The quantitative estimate of drug-likeness (QED) is 0.110. The SMILES string of the molecule is CCCCCCCCCCCCCCOc1c(OC)cc(COC(=O)N(Cc2ccc[n+](CC)c2)C(C)=O)cc1OC. The van der Waals surface area contributed by atoms with E-state index in [4.69, 9.17) is 18.9 Å². The maximum Gasteiger partial charge on any atom is 0.417 e. The Balaban J connectivity index is 1.82. The number of aryl methyl sites for hydroxylation is 1. The minimum Gasteiger partial charge on any atom is -0.493 e. The third-order valence-electron chi connectivity index (χ3n) is 7.35. The summed E-state index contributed by atoms with van der Waals surface area (Å²) in [6.07, 6.45) is 18.6. The highest BCUT2D eigenvalue weighted by atomic mass is 16.6. The number of carbonyl (C=O) groups is 2. The van der Waals surface area contributed by atoms with Crippen molar-refractivity contribution in [3.8, 4) is 17.2 Å². The van der Waals surface area contributed by atoms with Crippen LogP contribution < -0.4 is 18.8 Å². The average molecular weight is 586 g/mol. The van der Waals surface area contributed by atoms with Gasteiger partial charge in [0.25, 0.3) is 0 Å². The molecule has 0 spiro atoms. The number of pyridine rings is 1. The first-order valence-corrected chi connectivity index (χ1v) is 15.7. The number of amides is 2. The molecule has 234 valence electrons. The van der Waals surface area contributed by atoms with E-state index in [0.717, 1.165) is 29.8 Å². The lowest BCUT2D eigenvalue weighted by Gasteiger charge is -2.19. The molecule has 1 aromatic heterocycles. The molecule has 0 unspecified atom stereocenters. The Hall–Kier alpha value is -3.29. The molecule has 8 heteroatoms. The first kappa shape index (κ1) is 34.9. The van der Waals surface area contributed by atoms with Gasteiger partial charge in [-0.3, -0.25) is 4.79 Å². The molecule has 0 fully saturated rings. The van der Waals surface area contributed by atoms with E-state index in [-0.39, 0.29) is 19.1 Å². The maximum atomic E-state index is 12.8. The minimum absolute atomic E-state index is 0.0435. The predicted octanol–water partition coefficient (Wildman–Crippen LogP) is 7.78. The molecule has 0 N–H and O–H groups in total. The van der Waals surface area contributed by atoms with Gasteiger partial charge in [-0.25, -0.2) is 14.3 Å². The van der Waals surface area contributed by atoms with Crippen LogP contribution in [0, 0.1) is 0 Å². The monoisotopic (exact) mass is 585 g/mol. The van der Waals surface area contributed by atoms with E-state index in [1.807, 2.05) is 36.0 Å². The van der Waals surface area contributed by atoms with Crippen molar-refractivity contribution < 1.29 is 33.1 Å². The van der Waals surface area contributed by atoms with Crippen LogP contribution in [0.5, 0.6) is 17.2 Å². The largest absolute Gasteiger partial charge is 0.493 e. The molecule has 0 radical (unpaired) electrons. The van der Waals surface area contributed by atoms with Crippen LogP contribution in [-0.2, 0) is 29.2 Å². The van der Waals surface area contributed by atoms with Crippen LogP contribution in [-0.4, -0.2) is 37.7 Å². The number of hydrogen-bond acceptors (Lipinski definition) is 6. The third-order valence-corrected chi connectivity index (χ3v) is 7.35.